The Morgan fingerprint density at radius 2 is 1.85 bits per heavy atom. The highest BCUT2D eigenvalue weighted by Crippen LogP contribution is 2.37. The largest absolute Gasteiger partial charge is 0.416 e. The van der Waals surface area contributed by atoms with Crippen molar-refractivity contribution in [3.05, 3.63) is 51.3 Å². The number of allylic oxidation sites excluding steroid dienone is 2. The van der Waals surface area contributed by atoms with Gasteiger partial charge in [-0.05, 0) is 12.1 Å². The van der Waals surface area contributed by atoms with Crippen LogP contribution in [0.25, 0.3) is 5.69 Å². The lowest BCUT2D eigenvalue weighted by Gasteiger charge is -2.11. The quantitative estimate of drug-likeness (QED) is 0.627. The lowest BCUT2D eigenvalue weighted by Crippen LogP contribution is -2.07. The van der Waals surface area contributed by atoms with Crippen LogP contribution in [0.2, 0.25) is 10.0 Å². The van der Waals surface area contributed by atoms with E-state index in [0.717, 1.165) is 17.2 Å². The molecule has 0 bridgehead atoms. The molecule has 0 saturated heterocycles. The van der Waals surface area contributed by atoms with E-state index in [1.165, 1.54) is 0 Å². The van der Waals surface area contributed by atoms with Crippen molar-refractivity contribution in [1.29, 1.82) is 10.5 Å². The molecule has 132 valence electrons. The van der Waals surface area contributed by atoms with Gasteiger partial charge in [0.1, 0.15) is 29.9 Å². The van der Waals surface area contributed by atoms with Crippen molar-refractivity contribution < 1.29 is 13.2 Å². The highest BCUT2D eigenvalue weighted by Gasteiger charge is 2.32. The molecule has 2 N–H and O–H groups in total. The van der Waals surface area contributed by atoms with Crippen molar-refractivity contribution in [2.45, 2.75) is 6.18 Å². The molecule has 1 aromatic carbocycles. The molecule has 0 amide bonds. The number of nitrogens with two attached hydrogens (primary N) is 1. The third-order valence-electron chi connectivity index (χ3n) is 2.87. The summed E-state index contributed by atoms with van der Waals surface area (Å²) < 4.78 is 39.3. The van der Waals surface area contributed by atoms with Crippen LogP contribution in [0.15, 0.2) is 34.8 Å². The average molecular weight is 400 g/mol. The van der Waals surface area contributed by atoms with E-state index in [4.69, 9.17) is 39.5 Å². The van der Waals surface area contributed by atoms with Gasteiger partial charge in [0.25, 0.3) is 0 Å². The Morgan fingerprint density at radius 1 is 1.23 bits per heavy atom. The van der Waals surface area contributed by atoms with Gasteiger partial charge in [-0.2, -0.15) is 23.7 Å². The first-order valence-electron chi connectivity index (χ1n) is 6.49. The maximum atomic E-state index is 12.8. The van der Waals surface area contributed by atoms with Crippen molar-refractivity contribution in [3.8, 4) is 17.8 Å². The van der Waals surface area contributed by atoms with Crippen molar-refractivity contribution >= 4 is 29.4 Å². The maximum absolute atomic E-state index is 12.8. The zero-order valence-electron chi connectivity index (χ0n) is 12.5. The van der Waals surface area contributed by atoms with Gasteiger partial charge in [-0.25, -0.2) is 14.7 Å². The predicted octanol–water partition coefficient (Wildman–Crippen LogP) is 3.23. The minimum Gasteiger partial charge on any atom is -0.388 e. The number of hydrogen-bond donors (Lipinski definition) is 1. The van der Waals surface area contributed by atoms with Gasteiger partial charge >= 0.3 is 6.18 Å². The second-order valence-electron chi connectivity index (χ2n) is 4.58. The molecule has 0 fully saturated rings. The minimum atomic E-state index is -4.60. The number of aromatic nitrogens is 3. The van der Waals surface area contributed by atoms with E-state index in [2.05, 4.69) is 15.1 Å². The van der Waals surface area contributed by atoms with Crippen LogP contribution < -0.4 is 5.73 Å². The molecule has 0 aliphatic carbocycles. The fourth-order valence-corrected chi connectivity index (χ4v) is 2.38. The molecule has 0 spiro atoms. The average Bonchev–Trinajstić information content (AvgIpc) is 3.02. The molecular formula is C14H6Cl2F3N7. The number of nitrogens with zero attached hydrogens (tertiary/aromatic N) is 6. The molecule has 2 aromatic rings. The number of alkyl halides is 3. The van der Waals surface area contributed by atoms with Crippen LogP contribution in [-0.4, -0.2) is 21.0 Å². The van der Waals surface area contributed by atoms with E-state index >= 15 is 0 Å². The first kappa shape index (κ1) is 19.2. The molecule has 1 heterocycles. The normalized spacial score (nSPS) is 12.6. The molecule has 0 aliphatic heterocycles. The molecule has 0 saturated carbocycles. The van der Waals surface area contributed by atoms with Crippen LogP contribution in [0.1, 0.15) is 11.4 Å². The molecule has 1 aromatic heterocycles. The SMILES string of the molecule is N#CC(N)=C(C#N)N=Cc1ncn(-c2c(Cl)cc(C(F)(F)F)cc2Cl)n1. The Hall–Kier alpha value is -3.08. The van der Waals surface area contributed by atoms with Crippen molar-refractivity contribution in [2.75, 3.05) is 0 Å². The number of rotatable bonds is 3. The second-order valence-corrected chi connectivity index (χ2v) is 5.39. The van der Waals surface area contributed by atoms with Crippen LogP contribution in [0.4, 0.5) is 13.2 Å². The molecule has 12 heteroatoms. The Kier molecular flexibility index (Phi) is 5.50. The van der Waals surface area contributed by atoms with E-state index in [1.807, 2.05) is 0 Å². The van der Waals surface area contributed by atoms with Crippen LogP contribution in [0.5, 0.6) is 0 Å². The lowest BCUT2D eigenvalue weighted by molar-refractivity contribution is -0.137. The zero-order chi connectivity index (χ0) is 19.5. The van der Waals surface area contributed by atoms with Crippen LogP contribution in [-0.2, 0) is 6.18 Å². The maximum Gasteiger partial charge on any atom is 0.416 e. The van der Waals surface area contributed by atoms with E-state index in [1.54, 1.807) is 12.1 Å². The minimum absolute atomic E-state index is 0.0129. The topological polar surface area (TPSA) is 117 Å². The summed E-state index contributed by atoms with van der Waals surface area (Å²) in [6.07, 6.45) is -2.41. The van der Waals surface area contributed by atoms with Gasteiger partial charge in [0, 0.05) is 0 Å². The number of hydrogen-bond acceptors (Lipinski definition) is 6. The number of benzene rings is 1. The summed E-state index contributed by atoms with van der Waals surface area (Å²) in [5.74, 6) is -0.0180. The van der Waals surface area contributed by atoms with Crippen molar-refractivity contribution in [1.82, 2.24) is 14.8 Å². The summed E-state index contributed by atoms with van der Waals surface area (Å²) in [4.78, 5) is 7.52. The second kappa shape index (κ2) is 7.44. The van der Waals surface area contributed by atoms with Gasteiger partial charge in [-0.1, -0.05) is 23.2 Å². The Labute approximate surface area is 154 Å². The predicted molar refractivity (Wildman–Crippen MR) is 86.4 cm³/mol. The van der Waals surface area contributed by atoms with E-state index in [0.29, 0.717) is 12.1 Å². The number of nitriles is 2. The molecular weight excluding hydrogens is 394 g/mol. The van der Waals surface area contributed by atoms with Gasteiger partial charge in [-0.3, -0.25) is 0 Å². The summed E-state index contributed by atoms with van der Waals surface area (Å²) in [7, 11) is 0. The van der Waals surface area contributed by atoms with Gasteiger partial charge in [-0.15, -0.1) is 5.10 Å². The van der Waals surface area contributed by atoms with Crippen molar-refractivity contribution in [2.24, 2.45) is 10.7 Å². The zero-order valence-corrected chi connectivity index (χ0v) is 14.0. The summed E-state index contributed by atoms with van der Waals surface area (Å²) in [6, 6.07) is 4.61. The smallest absolute Gasteiger partial charge is 0.388 e. The van der Waals surface area contributed by atoms with Crippen LogP contribution in [0, 0.1) is 22.7 Å². The van der Waals surface area contributed by atoms with E-state index < -0.39 is 17.4 Å². The Balaban J connectivity index is 2.40. The van der Waals surface area contributed by atoms with Gasteiger partial charge in [0.05, 0.1) is 21.8 Å². The first-order valence-corrected chi connectivity index (χ1v) is 7.25. The third-order valence-corrected chi connectivity index (χ3v) is 3.45. The monoisotopic (exact) mass is 399 g/mol. The summed E-state index contributed by atoms with van der Waals surface area (Å²) >= 11 is 11.8. The van der Waals surface area contributed by atoms with Crippen LogP contribution >= 0.6 is 23.2 Å². The third kappa shape index (κ3) is 4.11. The fraction of sp³-hybridized carbons (Fsp3) is 0.0714. The standard InChI is InChI=1S/C14H6Cl2F3N7/c15-8-1-7(14(17,18)19)2-9(16)13(8)26-6-24-12(25-26)5-23-11(4-21)10(22)3-20/h1-2,5-6H,22H2. The highest BCUT2D eigenvalue weighted by atomic mass is 35.5. The van der Waals surface area contributed by atoms with Crippen LogP contribution in [0.3, 0.4) is 0 Å². The summed E-state index contributed by atoms with van der Waals surface area (Å²) in [6.45, 7) is 0. The van der Waals surface area contributed by atoms with E-state index in [-0.39, 0.29) is 27.3 Å². The lowest BCUT2D eigenvalue weighted by atomic mass is 10.2. The van der Waals surface area contributed by atoms with Gasteiger partial charge < -0.3 is 5.73 Å². The first-order chi connectivity index (χ1) is 12.2. The number of halogens is 5. The Bertz CT molecular complexity index is 970. The summed E-state index contributed by atoms with van der Waals surface area (Å²) in [5, 5.41) is 20.8. The molecule has 2 rings (SSSR count). The molecule has 0 radical (unpaired) electrons. The molecule has 26 heavy (non-hydrogen) atoms. The molecule has 0 unspecified atom stereocenters. The highest BCUT2D eigenvalue weighted by molar-refractivity contribution is 6.37. The molecule has 7 nitrogen and oxygen atoms in total. The van der Waals surface area contributed by atoms with Crippen molar-refractivity contribution in [3.63, 3.8) is 0 Å². The van der Waals surface area contributed by atoms with Gasteiger partial charge in [0.15, 0.2) is 11.5 Å². The number of aliphatic imine (C=N–C) groups is 1. The summed E-state index contributed by atoms with van der Waals surface area (Å²) in [5.41, 5.74) is 3.54. The Morgan fingerprint density at radius 3 is 2.35 bits per heavy atom. The van der Waals surface area contributed by atoms with Gasteiger partial charge in [0.2, 0.25) is 0 Å². The van der Waals surface area contributed by atoms with E-state index in [9.17, 15) is 13.2 Å². The molecule has 0 aliphatic rings. The molecule has 0 atom stereocenters. The fourth-order valence-electron chi connectivity index (χ4n) is 1.72.